The van der Waals surface area contributed by atoms with E-state index in [0.29, 0.717) is 34.3 Å². The van der Waals surface area contributed by atoms with Crippen molar-refractivity contribution in [1.29, 1.82) is 0 Å². The number of benzene rings is 1. The van der Waals surface area contributed by atoms with Gasteiger partial charge in [-0.2, -0.15) is 0 Å². The molecule has 150 valence electrons. The number of hydrogen-bond donors (Lipinski definition) is 1. The Hall–Kier alpha value is -2.10. The summed E-state index contributed by atoms with van der Waals surface area (Å²) in [5, 5.41) is 3.90. The zero-order valence-electron chi connectivity index (χ0n) is 15.4. The molecular weight excluding hydrogens is 448 g/mol. The molecule has 28 heavy (non-hydrogen) atoms. The van der Waals surface area contributed by atoms with Crippen LogP contribution in [-0.2, 0) is 14.3 Å². The van der Waals surface area contributed by atoms with Crippen molar-refractivity contribution in [3.05, 3.63) is 28.7 Å². The van der Waals surface area contributed by atoms with Crippen LogP contribution in [0.4, 0.5) is 5.69 Å². The number of carbonyl (C=O) groups is 2. The van der Waals surface area contributed by atoms with E-state index in [2.05, 4.69) is 44.0 Å². The molecule has 0 amide bonds. The quantitative estimate of drug-likeness (QED) is 0.341. The smallest absolute Gasteiger partial charge is 0.299 e. The van der Waals surface area contributed by atoms with Crippen molar-refractivity contribution in [1.82, 2.24) is 4.90 Å². The Morgan fingerprint density at radius 2 is 2.07 bits per heavy atom. The van der Waals surface area contributed by atoms with E-state index in [4.69, 9.17) is 9.47 Å². The Kier molecular flexibility index (Phi) is 7.30. The third-order valence-corrected chi connectivity index (χ3v) is 6.62. The molecule has 1 aromatic heterocycles. The minimum atomic E-state index is -0.273. The van der Waals surface area contributed by atoms with Crippen molar-refractivity contribution in [3.63, 3.8) is 0 Å². The van der Waals surface area contributed by atoms with Crippen LogP contribution >= 0.6 is 27.3 Å². The number of nitrogens with zero attached hydrogens (tertiary/aromatic N) is 1. The Morgan fingerprint density at radius 1 is 1.29 bits per heavy atom. The first kappa shape index (κ1) is 20.6. The van der Waals surface area contributed by atoms with Gasteiger partial charge in [0, 0.05) is 11.7 Å². The molecule has 7 nitrogen and oxygen atoms in total. The Morgan fingerprint density at radius 3 is 2.79 bits per heavy atom. The molecule has 3 rings (SSSR count). The van der Waals surface area contributed by atoms with Gasteiger partial charge >= 0.3 is 0 Å². The van der Waals surface area contributed by atoms with Gasteiger partial charge in [0.15, 0.2) is 5.75 Å². The number of likely N-dealkylation sites (tertiary alicyclic amines) is 1. The first-order valence-electron chi connectivity index (χ1n) is 8.78. The van der Waals surface area contributed by atoms with Crippen molar-refractivity contribution in [2.75, 3.05) is 32.2 Å². The van der Waals surface area contributed by atoms with E-state index in [-0.39, 0.29) is 6.79 Å². The van der Waals surface area contributed by atoms with E-state index < -0.39 is 0 Å². The maximum atomic E-state index is 10.8. The largest absolute Gasteiger partial charge is 0.451 e. The van der Waals surface area contributed by atoms with Gasteiger partial charge in [-0.15, -0.1) is 0 Å². The summed E-state index contributed by atoms with van der Waals surface area (Å²) >= 11 is 4.78. The van der Waals surface area contributed by atoms with Gasteiger partial charge in [0.1, 0.15) is 0 Å². The van der Waals surface area contributed by atoms with Gasteiger partial charge < -0.3 is 24.4 Å². The van der Waals surface area contributed by atoms with E-state index in [1.54, 1.807) is 0 Å². The molecule has 0 saturated carbocycles. The second-order valence-electron chi connectivity index (χ2n) is 6.40. The van der Waals surface area contributed by atoms with E-state index in [0.717, 1.165) is 42.1 Å². The molecule has 0 atom stereocenters. The summed E-state index contributed by atoms with van der Waals surface area (Å²) < 4.78 is 15.7. The van der Waals surface area contributed by atoms with Crippen LogP contribution < -0.4 is 14.8 Å². The fourth-order valence-corrected chi connectivity index (χ4v) is 4.92. The molecular formula is C19H21BrN2O5S. The van der Waals surface area contributed by atoms with E-state index in [1.807, 2.05) is 18.2 Å². The average molecular weight is 469 g/mol. The molecule has 2 aromatic rings. The number of ether oxygens (including phenoxy) is 3. The lowest BCUT2D eigenvalue weighted by atomic mass is 10.0. The van der Waals surface area contributed by atoms with E-state index >= 15 is 0 Å². The van der Waals surface area contributed by atoms with Gasteiger partial charge in [-0.25, -0.2) is 0 Å². The maximum absolute atomic E-state index is 10.8. The molecule has 0 spiro atoms. The molecule has 1 fully saturated rings. The highest BCUT2D eigenvalue weighted by Gasteiger charge is 2.22. The van der Waals surface area contributed by atoms with Gasteiger partial charge in [-0.3, -0.25) is 9.59 Å². The Balaban J connectivity index is 1.81. The Labute approximate surface area is 175 Å². The summed E-state index contributed by atoms with van der Waals surface area (Å²) in [6, 6.07) is 8.51. The van der Waals surface area contributed by atoms with Gasteiger partial charge in [-0.05, 0) is 66.6 Å². The van der Waals surface area contributed by atoms with Crippen molar-refractivity contribution in [2.45, 2.75) is 18.9 Å². The number of thiophene rings is 1. The Bertz CT molecular complexity index is 821. The third kappa shape index (κ3) is 5.03. The van der Waals surface area contributed by atoms with Crippen LogP contribution in [-0.4, -0.2) is 50.8 Å². The highest BCUT2D eigenvalue weighted by atomic mass is 79.9. The first-order valence-corrected chi connectivity index (χ1v) is 10.4. The van der Waals surface area contributed by atoms with Gasteiger partial charge in [-0.1, -0.05) is 23.5 Å². The number of rotatable bonds is 9. The molecule has 0 unspecified atom stereocenters. The number of piperidine rings is 1. The standard InChI is InChI=1S/C19H21BrN2O5S/c1-22-7-5-14(6-8-22)21-15-4-2-3-13(9-15)18-16(20)17(27-12-25-10-23)19(28-18)26-11-24/h2-4,9-11,14,21H,5-8,12H2,1H3. The maximum Gasteiger partial charge on any atom is 0.299 e. The van der Waals surface area contributed by atoms with Crippen LogP contribution in [0.3, 0.4) is 0 Å². The minimum Gasteiger partial charge on any atom is -0.451 e. The zero-order chi connectivity index (χ0) is 19.9. The monoisotopic (exact) mass is 468 g/mol. The fraction of sp³-hybridized carbons (Fsp3) is 0.368. The number of carbonyl (C=O) groups excluding carboxylic acids is 2. The van der Waals surface area contributed by atoms with E-state index in [9.17, 15) is 9.59 Å². The first-order chi connectivity index (χ1) is 13.6. The lowest BCUT2D eigenvalue weighted by molar-refractivity contribution is -0.135. The van der Waals surface area contributed by atoms with Gasteiger partial charge in [0.05, 0.1) is 9.35 Å². The summed E-state index contributed by atoms with van der Waals surface area (Å²) in [4.78, 5) is 24.3. The van der Waals surface area contributed by atoms with Crippen molar-refractivity contribution >= 4 is 45.9 Å². The lowest BCUT2D eigenvalue weighted by Crippen LogP contribution is -2.36. The fourth-order valence-electron chi connectivity index (χ4n) is 3.07. The molecule has 1 aromatic carbocycles. The molecule has 0 aliphatic carbocycles. The van der Waals surface area contributed by atoms with Crippen molar-refractivity contribution < 1.29 is 23.8 Å². The average Bonchev–Trinajstić information content (AvgIpc) is 3.00. The SMILES string of the molecule is CN1CCC(Nc2cccc(-c3sc(OC=O)c(OCOC=O)c3Br)c2)CC1. The van der Waals surface area contributed by atoms with Crippen LogP contribution in [0.2, 0.25) is 0 Å². The minimum absolute atomic E-state index is 0.273. The molecule has 1 N–H and O–H groups in total. The lowest BCUT2D eigenvalue weighted by Gasteiger charge is -2.30. The normalized spacial score (nSPS) is 15.1. The van der Waals surface area contributed by atoms with Crippen LogP contribution in [0.5, 0.6) is 10.8 Å². The van der Waals surface area contributed by atoms with Gasteiger partial charge in [0.2, 0.25) is 11.9 Å². The highest BCUT2D eigenvalue weighted by molar-refractivity contribution is 9.10. The van der Waals surface area contributed by atoms with Crippen molar-refractivity contribution in [3.8, 4) is 21.3 Å². The summed E-state index contributed by atoms with van der Waals surface area (Å²) in [5.41, 5.74) is 1.99. The highest BCUT2D eigenvalue weighted by Crippen LogP contribution is 2.50. The van der Waals surface area contributed by atoms with Crippen LogP contribution in [0.25, 0.3) is 10.4 Å². The van der Waals surface area contributed by atoms with Gasteiger partial charge in [0.25, 0.3) is 12.9 Å². The number of nitrogens with one attached hydrogen (secondary N) is 1. The molecule has 2 heterocycles. The van der Waals surface area contributed by atoms with E-state index in [1.165, 1.54) is 11.3 Å². The summed E-state index contributed by atoms with van der Waals surface area (Å²) in [6.45, 7) is 2.53. The molecule has 1 aliphatic heterocycles. The third-order valence-electron chi connectivity index (χ3n) is 4.49. The van der Waals surface area contributed by atoms with Crippen LogP contribution in [0.1, 0.15) is 12.8 Å². The molecule has 0 bridgehead atoms. The zero-order valence-corrected chi connectivity index (χ0v) is 17.8. The van der Waals surface area contributed by atoms with Crippen LogP contribution in [0.15, 0.2) is 28.7 Å². The second-order valence-corrected chi connectivity index (χ2v) is 8.18. The number of anilines is 1. The molecule has 1 aliphatic rings. The van der Waals surface area contributed by atoms with Crippen molar-refractivity contribution in [2.24, 2.45) is 0 Å². The summed E-state index contributed by atoms with van der Waals surface area (Å²) in [5.74, 6) is 0.322. The van der Waals surface area contributed by atoms with Crippen LogP contribution in [0, 0.1) is 0 Å². The summed E-state index contributed by atoms with van der Waals surface area (Å²) in [7, 11) is 2.14. The molecule has 9 heteroatoms. The number of hydrogen-bond acceptors (Lipinski definition) is 8. The topological polar surface area (TPSA) is 77.1 Å². The summed E-state index contributed by atoms with van der Waals surface area (Å²) in [6.07, 6.45) is 2.21. The number of halogens is 1. The molecule has 0 radical (unpaired) electrons. The predicted molar refractivity (Wildman–Crippen MR) is 111 cm³/mol. The predicted octanol–water partition coefficient (Wildman–Crippen LogP) is 3.73. The molecule has 1 saturated heterocycles. The second kappa shape index (κ2) is 9.90.